The summed E-state index contributed by atoms with van der Waals surface area (Å²) >= 11 is 3.51. The van der Waals surface area contributed by atoms with Gasteiger partial charge in [0.1, 0.15) is 0 Å². The first-order chi connectivity index (χ1) is 13.0. The Morgan fingerprint density at radius 3 is 2.37 bits per heavy atom. The average Bonchev–Trinajstić information content (AvgIpc) is 3.31. The van der Waals surface area contributed by atoms with Crippen LogP contribution in [-0.2, 0) is 16.4 Å². The van der Waals surface area contributed by atoms with Gasteiger partial charge >= 0.3 is 0 Å². The van der Waals surface area contributed by atoms with Crippen LogP contribution in [0.5, 0.6) is 0 Å². The number of sulfonamides is 1. The minimum Gasteiger partial charge on any atom is -0.207 e. The number of nitrogens with one attached hydrogen (secondary N) is 1. The number of hydrogen-bond donors (Lipinski definition) is 1. The van der Waals surface area contributed by atoms with Gasteiger partial charge in [0, 0.05) is 16.4 Å². The van der Waals surface area contributed by atoms with Gasteiger partial charge in [-0.2, -0.15) is 0 Å². The molecule has 3 nitrogen and oxygen atoms in total. The molecule has 1 saturated carbocycles. The summed E-state index contributed by atoms with van der Waals surface area (Å²) in [5.41, 5.74) is 5.82. The SMILES string of the molecule is O=S(=O)(N[C@@H]1C[C@H]1c1ccccc1)c1ccc2c(c1)Cc1cc(Br)ccc1-2. The molecule has 3 aromatic rings. The lowest BCUT2D eigenvalue weighted by atomic mass is 10.1. The van der Waals surface area contributed by atoms with Gasteiger partial charge in [-0.25, -0.2) is 13.1 Å². The fourth-order valence-electron chi connectivity index (χ4n) is 3.98. The summed E-state index contributed by atoms with van der Waals surface area (Å²) in [7, 11) is -3.51. The summed E-state index contributed by atoms with van der Waals surface area (Å²) < 4.78 is 29.7. The highest BCUT2D eigenvalue weighted by Crippen LogP contribution is 2.42. The third-order valence-electron chi connectivity index (χ3n) is 5.45. The predicted octanol–water partition coefficient (Wildman–Crippen LogP) is 4.85. The van der Waals surface area contributed by atoms with Crippen molar-refractivity contribution in [2.24, 2.45) is 0 Å². The van der Waals surface area contributed by atoms with Gasteiger partial charge in [0.15, 0.2) is 0 Å². The summed E-state index contributed by atoms with van der Waals surface area (Å²) in [6, 6.07) is 21.8. The number of hydrogen-bond acceptors (Lipinski definition) is 2. The van der Waals surface area contributed by atoms with E-state index in [-0.39, 0.29) is 12.0 Å². The van der Waals surface area contributed by atoms with Crippen LogP contribution in [0, 0.1) is 0 Å². The molecule has 0 spiro atoms. The zero-order chi connectivity index (χ0) is 18.6. The lowest BCUT2D eigenvalue weighted by Gasteiger charge is -2.09. The van der Waals surface area contributed by atoms with E-state index in [9.17, 15) is 8.42 Å². The molecule has 136 valence electrons. The molecule has 1 N–H and O–H groups in total. The standard InChI is InChI=1S/C22H18BrNO2S/c23-17-6-8-19-15(11-17)10-16-12-18(7-9-20(16)19)27(25,26)24-22-13-21(22)14-4-2-1-3-5-14/h1-9,11-12,21-22,24H,10,13H2/t21-,22+/m0/s1. The highest BCUT2D eigenvalue weighted by atomic mass is 79.9. The van der Waals surface area contributed by atoms with Crippen molar-refractivity contribution in [3.05, 3.63) is 87.9 Å². The molecule has 2 aliphatic carbocycles. The average molecular weight is 440 g/mol. The maximum atomic E-state index is 12.9. The van der Waals surface area contributed by atoms with E-state index in [1.54, 1.807) is 6.07 Å². The molecule has 0 aromatic heterocycles. The Bertz CT molecular complexity index is 1140. The van der Waals surface area contributed by atoms with E-state index in [0.29, 0.717) is 4.90 Å². The van der Waals surface area contributed by atoms with Gasteiger partial charge in [-0.15, -0.1) is 0 Å². The first kappa shape index (κ1) is 17.2. The molecule has 3 aromatic carbocycles. The van der Waals surface area contributed by atoms with Crippen LogP contribution >= 0.6 is 15.9 Å². The molecule has 0 radical (unpaired) electrons. The van der Waals surface area contributed by atoms with E-state index in [2.05, 4.69) is 44.9 Å². The van der Waals surface area contributed by atoms with Crippen molar-refractivity contribution in [1.29, 1.82) is 0 Å². The third-order valence-corrected chi connectivity index (χ3v) is 7.43. The molecule has 0 amide bonds. The summed E-state index contributed by atoms with van der Waals surface area (Å²) in [4.78, 5) is 0.354. The fraction of sp³-hybridized carbons (Fsp3) is 0.182. The Balaban J connectivity index is 1.38. The fourth-order valence-corrected chi connectivity index (χ4v) is 5.73. The van der Waals surface area contributed by atoms with E-state index in [1.165, 1.54) is 16.7 Å². The van der Waals surface area contributed by atoms with Crippen molar-refractivity contribution in [3.63, 3.8) is 0 Å². The summed E-state index contributed by atoms with van der Waals surface area (Å²) in [5.74, 6) is 0.275. The van der Waals surface area contributed by atoms with Crippen LogP contribution < -0.4 is 4.72 Å². The molecule has 0 heterocycles. The molecule has 5 heteroatoms. The van der Waals surface area contributed by atoms with Crippen LogP contribution in [0.15, 0.2) is 76.1 Å². The van der Waals surface area contributed by atoms with E-state index in [0.717, 1.165) is 28.4 Å². The second kappa shape index (κ2) is 6.30. The second-order valence-electron chi connectivity index (χ2n) is 7.28. The maximum absolute atomic E-state index is 12.9. The summed E-state index contributed by atoms with van der Waals surface area (Å²) in [6.45, 7) is 0. The van der Waals surface area contributed by atoms with Crippen molar-refractivity contribution in [3.8, 4) is 11.1 Å². The van der Waals surface area contributed by atoms with Gasteiger partial charge in [-0.3, -0.25) is 0 Å². The van der Waals surface area contributed by atoms with Crippen LogP contribution in [-0.4, -0.2) is 14.5 Å². The van der Waals surface area contributed by atoms with E-state index < -0.39 is 10.0 Å². The predicted molar refractivity (Wildman–Crippen MR) is 110 cm³/mol. The van der Waals surface area contributed by atoms with Gasteiger partial charge < -0.3 is 0 Å². The van der Waals surface area contributed by atoms with Crippen molar-refractivity contribution in [2.75, 3.05) is 0 Å². The van der Waals surface area contributed by atoms with E-state index in [1.807, 2.05) is 36.4 Å². The number of benzene rings is 3. The third kappa shape index (κ3) is 3.14. The molecular formula is C22H18BrNO2S. The van der Waals surface area contributed by atoms with Gasteiger partial charge in [0.05, 0.1) is 4.90 Å². The van der Waals surface area contributed by atoms with Crippen molar-refractivity contribution in [2.45, 2.75) is 29.7 Å². The Hall–Kier alpha value is -1.95. The van der Waals surface area contributed by atoms with Gasteiger partial charge in [0.2, 0.25) is 10.0 Å². The monoisotopic (exact) mass is 439 g/mol. The van der Waals surface area contributed by atoms with Gasteiger partial charge in [0.25, 0.3) is 0 Å². The molecule has 0 aliphatic heterocycles. The van der Waals surface area contributed by atoms with Crippen LogP contribution in [0.25, 0.3) is 11.1 Å². The summed E-state index contributed by atoms with van der Waals surface area (Å²) in [6.07, 6.45) is 1.62. The lowest BCUT2D eigenvalue weighted by Crippen LogP contribution is -2.27. The Kier molecular flexibility index (Phi) is 4.00. The van der Waals surface area contributed by atoms with Crippen molar-refractivity contribution < 1.29 is 8.42 Å². The number of fused-ring (bicyclic) bond motifs is 3. The molecule has 5 rings (SSSR count). The van der Waals surface area contributed by atoms with Gasteiger partial charge in [-0.1, -0.05) is 58.4 Å². The highest BCUT2D eigenvalue weighted by molar-refractivity contribution is 9.10. The first-order valence-corrected chi connectivity index (χ1v) is 11.3. The Morgan fingerprint density at radius 1 is 0.889 bits per heavy atom. The maximum Gasteiger partial charge on any atom is 0.240 e. The molecule has 1 fully saturated rings. The Labute approximate surface area is 167 Å². The quantitative estimate of drug-likeness (QED) is 0.493. The molecule has 2 aliphatic rings. The molecule has 27 heavy (non-hydrogen) atoms. The molecule has 2 atom stereocenters. The summed E-state index contributed by atoms with van der Waals surface area (Å²) in [5, 5.41) is 0. The molecule has 0 saturated heterocycles. The Morgan fingerprint density at radius 2 is 1.59 bits per heavy atom. The topological polar surface area (TPSA) is 46.2 Å². The van der Waals surface area contributed by atoms with E-state index >= 15 is 0 Å². The number of rotatable bonds is 4. The van der Waals surface area contributed by atoms with Gasteiger partial charge in [-0.05, 0) is 64.9 Å². The minimum absolute atomic E-state index is 0.0150. The lowest BCUT2D eigenvalue weighted by molar-refractivity contribution is 0.580. The largest absolute Gasteiger partial charge is 0.240 e. The zero-order valence-corrected chi connectivity index (χ0v) is 16.9. The number of halogens is 1. The normalized spacial score (nSPS) is 20.2. The van der Waals surface area contributed by atoms with Crippen molar-refractivity contribution >= 4 is 26.0 Å². The minimum atomic E-state index is -3.51. The van der Waals surface area contributed by atoms with Crippen LogP contribution in [0.1, 0.15) is 29.0 Å². The van der Waals surface area contributed by atoms with E-state index in [4.69, 9.17) is 0 Å². The first-order valence-electron chi connectivity index (χ1n) is 9.00. The molecular weight excluding hydrogens is 422 g/mol. The zero-order valence-electron chi connectivity index (χ0n) is 14.5. The smallest absolute Gasteiger partial charge is 0.207 e. The highest BCUT2D eigenvalue weighted by Gasteiger charge is 2.41. The van der Waals surface area contributed by atoms with Crippen LogP contribution in [0.4, 0.5) is 0 Å². The second-order valence-corrected chi connectivity index (χ2v) is 9.91. The van der Waals surface area contributed by atoms with Crippen molar-refractivity contribution in [1.82, 2.24) is 4.72 Å². The van der Waals surface area contributed by atoms with Crippen LogP contribution in [0.2, 0.25) is 0 Å². The molecule has 0 bridgehead atoms. The molecule has 0 unspecified atom stereocenters. The van der Waals surface area contributed by atoms with Crippen LogP contribution in [0.3, 0.4) is 0 Å².